The molecule has 206 valence electrons. The number of aromatic nitrogens is 3. The van der Waals surface area contributed by atoms with Crippen LogP contribution in [-0.4, -0.2) is 41.4 Å². The fourth-order valence-corrected chi connectivity index (χ4v) is 5.21. The van der Waals surface area contributed by atoms with Crippen LogP contribution in [-0.2, 0) is 4.79 Å². The molecule has 0 spiro atoms. The molecule has 0 bridgehead atoms. The van der Waals surface area contributed by atoms with Crippen LogP contribution in [0.5, 0.6) is 0 Å². The molecule has 5 rings (SSSR count). The minimum atomic E-state index is -0.885. The van der Waals surface area contributed by atoms with Crippen molar-refractivity contribution in [2.45, 2.75) is 5.37 Å². The smallest absolute Gasteiger partial charge is 0.292 e. The lowest BCUT2D eigenvalue weighted by Gasteiger charge is -2.23. The number of hydrogen-bond acceptors (Lipinski definition) is 13. The first-order chi connectivity index (χ1) is 19.7. The van der Waals surface area contributed by atoms with Crippen molar-refractivity contribution in [1.82, 2.24) is 15.0 Å². The van der Waals surface area contributed by atoms with Gasteiger partial charge in [-0.05, 0) is 18.2 Å². The highest BCUT2D eigenvalue weighted by molar-refractivity contribution is 8.00. The van der Waals surface area contributed by atoms with Crippen molar-refractivity contribution < 1.29 is 19.6 Å². The summed E-state index contributed by atoms with van der Waals surface area (Å²) in [6.07, 6.45) is 0. The van der Waals surface area contributed by atoms with Crippen LogP contribution in [0.1, 0.15) is 10.9 Å². The zero-order chi connectivity index (χ0) is 29.1. The molecular weight excluding hydrogens is 558 g/mol. The Balaban J connectivity index is 1.63. The largest absolute Gasteiger partial charge is 0.318 e. The van der Waals surface area contributed by atoms with Gasteiger partial charge in [0.15, 0.2) is 0 Å². The van der Waals surface area contributed by atoms with Crippen LogP contribution in [0, 0.1) is 30.3 Å². The summed E-state index contributed by atoms with van der Waals surface area (Å²) in [5, 5.41) is 39.4. The molecule has 1 fully saturated rings. The SMILES string of the molecule is O=C1CSC(c2ccccc2[N+](=O)[O-])N1c1nc(Nc2ccccc2[N+](=O)[O-])nc(Nc2ccccc2[N+](=O)[O-])n1. The first kappa shape index (κ1) is 26.9. The van der Waals surface area contributed by atoms with Crippen LogP contribution in [0.2, 0.25) is 0 Å². The number of para-hydroxylation sites is 5. The Morgan fingerprint density at radius 1 is 0.707 bits per heavy atom. The number of amides is 1. The van der Waals surface area contributed by atoms with Gasteiger partial charge in [-0.25, -0.2) is 0 Å². The van der Waals surface area contributed by atoms with E-state index in [1.165, 1.54) is 54.6 Å². The van der Waals surface area contributed by atoms with E-state index in [2.05, 4.69) is 25.6 Å². The van der Waals surface area contributed by atoms with Crippen LogP contribution in [0.4, 0.5) is 46.3 Å². The number of benzene rings is 3. The molecule has 1 amide bonds. The lowest BCUT2D eigenvalue weighted by atomic mass is 10.1. The topological polar surface area (TPSA) is 212 Å². The number of nitro groups is 3. The molecule has 0 aliphatic carbocycles. The molecule has 1 saturated heterocycles. The summed E-state index contributed by atoms with van der Waals surface area (Å²) in [5.41, 5.74) is -0.487. The summed E-state index contributed by atoms with van der Waals surface area (Å²) < 4.78 is 0. The molecule has 17 heteroatoms. The molecular formula is C24H17N9O7S. The molecule has 1 aromatic heterocycles. The molecule has 3 aromatic carbocycles. The molecule has 1 atom stereocenters. The Morgan fingerprint density at radius 2 is 1.17 bits per heavy atom. The zero-order valence-corrected chi connectivity index (χ0v) is 21.4. The lowest BCUT2D eigenvalue weighted by molar-refractivity contribution is -0.385. The molecule has 4 aromatic rings. The van der Waals surface area contributed by atoms with Gasteiger partial charge in [-0.2, -0.15) is 15.0 Å². The highest BCUT2D eigenvalue weighted by Gasteiger charge is 2.39. The Hall–Kier alpha value is -5.71. The summed E-state index contributed by atoms with van der Waals surface area (Å²) in [6, 6.07) is 17.3. The van der Waals surface area contributed by atoms with Crippen molar-refractivity contribution in [2.75, 3.05) is 21.3 Å². The Bertz CT molecular complexity index is 1630. The predicted molar refractivity (Wildman–Crippen MR) is 148 cm³/mol. The Labute approximate surface area is 233 Å². The van der Waals surface area contributed by atoms with Gasteiger partial charge in [0.25, 0.3) is 17.1 Å². The van der Waals surface area contributed by atoms with E-state index in [4.69, 9.17) is 0 Å². The van der Waals surface area contributed by atoms with Gasteiger partial charge in [0.2, 0.25) is 23.8 Å². The number of carbonyl (C=O) groups is 1. The molecule has 16 nitrogen and oxygen atoms in total. The van der Waals surface area contributed by atoms with E-state index >= 15 is 0 Å². The maximum Gasteiger partial charge on any atom is 0.292 e. The van der Waals surface area contributed by atoms with Crippen LogP contribution in [0.25, 0.3) is 0 Å². The molecule has 1 aliphatic heterocycles. The molecule has 2 N–H and O–H groups in total. The lowest BCUT2D eigenvalue weighted by Crippen LogP contribution is -2.30. The first-order valence-corrected chi connectivity index (χ1v) is 12.7. The van der Waals surface area contributed by atoms with Crippen molar-refractivity contribution >= 4 is 64.0 Å². The van der Waals surface area contributed by atoms with Crippen LogP contribution in [0.15, 0.2) is 72.8 Å². The van der Waals surface area contributed by atoms with Crippen molar-refractivity contribution in [2.24, 2.45) is 0 Å². The fourth-order valence-electron chi connectivity index (χ4n) is 4.04. The molecule has 0 radical (unpaired) electrons. The van der Waals surface area contributed by atoms with Gasteiger partial charge < -0.3 is 10.6 Å². The quantitative estimate of drug-likeness (QED) is 0.202. The van der Waals surface area contributed by atoms with Gasteiger partial charge in [0.05, 0.1) is 26.1 Å². The number of carbonyl (C=O) groups excluding carboxylic acids is 1. The second-order valence-corrected chi connectivity index (χ2v) is 9.39. The van der Waals surface area contributed by atoms with Crippen LogP contribution < -0.4 is 15.5 Å². The van der Waals surface area contributed by atoms with E-state index in [1.807, 2.05) is 0 Å². The van der Waals surface area contributed by atoms with Crippen molar-refractivity contribution in [1.29, 1.82) is 0 Å². The van der Waals surface area contributed by atoms with Crippen molar-refractivity contribution in [3.8, 4) is 0 Å². The van der Waals surface area contributed by atoms with Gasteiger partial charge in [0.1, 0.15) is 16.7 Å². The van der Waals surface area contributed by atoms with Crippen LogP contribution in [0.3, 0.4) is 0 Å². The molecule has 0 saturated carbocycles. The van der Waals surface area contributed by atoms with Crippen molar-refractivity contribution in [3.63, 3.8) is 0 Å². The summed E-state index contributed by atoms with van der Waals surface area (Å²) in [4.78, 5) is 60.1. The maximum atomic E-state index is 13.1. The minimum Gasteiger partial charge on any atom is -0.318 e. The summed E-state index contributed by atoms with van der Waals surface area (Å²) in [6.45, 7) is 0. The summed E-state index contributed by atoms with van der Waals surface area (Å²) >= 11 is 1.12. The van der Waals surface area contributed by atoms with E-state index in [1.54, 1.807) is 18.2 Å². The van der Waals surface area contributed by atoms with Gasteiger partial charge in [-0.3, -0.25) is 40.0 Å². The Kier molecular flexibility index (Phi) is 7.33. The van der Waals surface area contributed by atoms with Gasteiger partial charge >= 0.3 is 0 Å². The second kappa shape index (κ2) is 11.2. The first-order valence-electron chi connectivity index (χ1n) is 11.7. The number of rotatable bonds is 9. The molecule has 1 unspecified atom stereocenters. The Morgan fingerprint density at radius 3 is 1.68 bits per heavy atom. The number of hydrogen-bond donors (Lipinski definition) is 2. The third kappa shape index (κ3) is 5.55. The fraction of sp³-hybridized carbons (Fsp3) is 0.0833. The standard InChI is InChI=1S/C24H17N9O7S/c34-20-13-41-21(14-7-1-4-10-17(14)31(35)36)30(20)24-28-22(25-15-8-2-5-11-18(15)32(37)38)27-23(29-24)26-16-9-3-6-12-19(16)33(39)40/h1-12,21H,13H2,(H2,25,26,27,28,29). The van der Waals surface area contributed by atoms with E-state index in [0.717, 1.165) is 16.7 Å². The van der Waals surface area contributed by atoms with Gasteiger partial charge in [-0.15, -0.1) is 11.8 Å². The number of nitro benzene ring substituents is 3. The highest BCUT2D eigenvalue weighted by Crippen LogP contribution is 2.44. The van der Waals surface area contributed by atoms with E-state index in [0.29, 0.717) is 0 Å². The third-order valence-electron chi connectivity index (χ3n) is 5.80. The van der Waals surface area contributed by atoms with E-state index in [-0.39, 0.29) is 57.6 Å². The molecule has 2 heterocycles. The minimum absolute atomic E-state index is 0.0312. The summed E-state index contributed by atoms with van der Waals surface area (Å²) in [5.74, 6) is -1.19. The number of thioether (sulfide) groups is 1. The average Bonchev–Trinajstić information content (AvgIpc) is 3.34. The summed E-state index contributed by atoms with van der Waals surface area (Å²) in [7, 11) is 0. The monoisotopic (exact) mass is 575 g/mol. The zero-order valence-electron chi connectivity index (χ0n) is 20.6. The number of nitrogens with zero attached hydrogens (tertiary/aromatic N) is 7. The van der Waals surface area contributed by atoms with Gasteiger partial charge in [0, 0.05) is 18.2 Å². The van der Waals surface area contributed by atoms with Gasteiger partial charge in [-0.1, -0.05) is 36.4 Å². The second-order valence-electron chi connectivity index (χ2n) is 8.32. The highest BCUT2D eigenvalue weighted by atomic mass is 32.2. The van der Waals surface area contributed by atoms with E-state index in [9.17, 15) is 35.1 Å². The molecule has 41 heavy (non-hydrogen) atoms. The van der Waals surface area contributed by atoms with E-state index < -0.39 is 26.1 Å². The number of nitrogens with one attached hydrogen (secondary N) is 2. The maximum absolute atomic E-state index is 13.1. The third-order valence-corrected chi connectivity index (χ3v) is 7.00. The number of anilines is 5. The van der Waals surface area contributed by atoms with Crippen LogP contribution >= 0.6 is 11.8 Å². The average molecular weight is 576 g/mol. The molecule has 1 aliphatic rings. The normalized spacial score (nSPS) is 14.5. The predicted octanol–water partition coefficient (Wildman–Crippen LogP) is 4.86. The van der Waals surface area contributed by atoms with Crippen molar-refractivity contribution in [3.05, 3.63) is 109 Å².